The number of ether oxygens (including phenoxy) is 5. The smallest absolute Gasteiger partial charge is 0.231 e. The van der Waals surface area contributed by atoms with Crippen LogP contribution < -0.4 is 23.7 Å². The molecule has 4 atom stereocenters. The molecule has 0 fully saturated rings. The number of aliphatic hydroxyl groups is 2. The minimum absolute atomic E-state index is 0.0870. The molecule has 30 heavy (non-hydrogen) atoms. The van der Waals surface area contributed by atoms with Crippen molar-refractivity contribution >= 4 is 6.29 Å². The normalized spacial score (nSPS) is 24.2. The number of carbonyl (C=O) groups excluding carboxylic acids is 1. The van der Waals surface area contributed by atoms with Gasteiger partial charge in [-0.1, -0.05) is 0 Å². The van der Waals surface area contributed by atoms with Gasteiger partial charge in [-0.25, -0.2) is 0 Å². The zero-order valence-corrected chi connectivity index (χ0v) is 17.0. The molecule has 0 aromatic heterocycles. The van der Waals surface area contributed by atoms with E-state index in [1.807, 2.05) is 0 Å². The average Bonchev–Trinajstić information content (AvgIpc) is 3.24. The van der Waals surface area contributed by atoms with Crippen LogP contribution in [-0.2, 0) is 4.79 Å². The molecule has 1 aliphatic heterocycles. The maximum Gasteiger partial charge on any atom is 0.231 e. The molecule has 0 spiro atoms. The first kappa shape index (κ1) is 20.3. The van der Waals surface area contributed by atoms with Crippen LogP contribution in [0.25, 0.3) is 0 Å². The molecule has 8 nitrogen and oxygen atoms in total. The molecule has 2 N–H and O–H groups in total. The van der Waals surface area contributed by atoms with Crippen LogP contribution in [0.5, 0.6) is 28.7 Å². The summed E-state index contributed by atoms with van der Waals surface area (Å²) < 4.78 is 27.3. The highest BCUT2D eigenvalue weighted by Crippen LogP contribution is 2.53. The Bertz CT molecular complexity index is 931. The summed E-state index contributed by atoms with van der Waals surface area (Å²) in [6.45, 7) is -0.261. The van der Waals surface area contributed by atoms with Crippen LogP contribution in [0.3, 0.4) is 0 Å². The molecule has 8 heteroatoms. The number of methoxy groups -OCH3 is 3. The van der Waals surface area contributed by atoms with Gasteiger partial charge in [0.1, 0.15) is 6.29 Å². The SMILES string of the molecule is COc1cc([C@@H]2c3cc4c(cc3[C@H](O)C(CO)C2C=O)OCO4)cc(OC)c1OC. The number of carbonyl (C=O) groups is 1. The van der Waals surface area contributed by atoms with E-state index < -0.39 is 23.9 Å². The molecule has 0 saturated heterocycles. The van der Waals surface area contributed by atoms with Gasteiger partial charge in [-0.2, -0.15) is 0 Å². The van der Waals surface area contributed by atoms with E-state index in [1.54, 1.807) is 24.3 Å². The third-order valence-corrected chi connectivity index (χ3v) is 5.93. The molecule has 1 aliphatic carbocycles. The largest absolute Gasteiger partial charge is 0.493 e. The van der Waals surface area contributed by atoms with Crippen molar-refractivity contribution in [2.45, 2.75) is 12.0 Å². The third-order valence-electron chi connectivity index (χ3n) is 5.93. The second kappa shape index (κ2) is 8.04. The fourth-order valence-corrected chi connectivity index (χ4v) is 4.48. The fraction of sp³-hybridized carbons (Fsp3) is 0.409. The average molecular weight is 416 g/mol. The first-order valence-corrected chi connectivity index (χ1v) is 9.55. The Balaban J connectivity index is 1.96. The van der Waals surface area contributed by atoms with E-state index in [0.717, 1.165) is 17.4 Å². The van der Waals surface area contributed by atoms with Crippen molar-refractivity contribution in [3.8, 4) is 28.7 Å². The van der Waals surface area contributed by atoms with Crippen LogP contribution in [0.15, 0.2) is 24.3 Å². The van der Waals surface area contributed by atoms with Crippen molar-refractivity contribution in [2.75, 3.05) is 34.7 Å². The van der Waals surface area contributed by atoms with E-state index in [2.05, 4.69) is 0 Å². The molecule has 0 saturated carbocycles. The number of benzene rings is 2. The summed E-state index contributed by atoms with van der Waals surface area (Å²) in [5.41, 5.74) is 2.05. The van der Waals surface area contributed by atoms with Gasteiger partial charge >= 0.3 is 0 Å². The van der Waals surface area contributed by atoms with E-state index in [1.165, 1.54) is 21.3 Å². The van der Waals surface area contributed by atoms with Crippen LogP contribution in [0.4, 0.5) is 0 Å². The lowest BCUT2D eigenvalue weighted by molar-refractivity contribution is -0.116. The van der Waals surface area contributed by atoms with Crippen molar-refractivity contribution in [1.82, 2.24) is 0 Å². The molecule has 160 valence electrons. The standard InChI is InChI=1S/C22H24O8/c1-26-18-4-11(5-19(27-2)22(18)28-3)20-12-6-16-17(30-10-29-16)7-13(12)21(25)15(9-24)14(20)8-23/h4-8,14-15,20-21,24-25H,9-10H2,1-3H3/t14?,15?,20-,21+/m1/s1. The molecular formula is C22H24O8. The summed E-state index contributed by atoms with van der Waals surface area (Å²) in [4.78, 5) is 12.2. The first-order valence-electron chi connectivity index (χ1n) is 9.55. The van der Waals surface area contributed by atoms with Gasteiger partial charge in [0.25, 0.3) is 0 Å². The highest BCUT2D eigenvalue weighted by atomic mass is 16.7. The van der Waals surface area contributed by atoms with Gasteiger partial charge in [0.15, 0.2) is 23.0 Å². The number of aldehydes is 1. The summed E-state index contributed by atoms with van der Waals surface area (Å²) in [6, 6.07) is 7.07. The van der Waals surface area contributed by atoms with Crippen LogP contribution in [0.2, 0.25) is 0 Å². The Kier molecular flexibility index (Phi) is 5.44. The highest BCUT2D eigenvalue weighted by Gasteiger charge is 2.44. The van der Waals surface area contributed by atoms with Crippen LogP contribution in [-0.4, -0.2) is 51.2 Å². The Morgan fingerprint density at radius 2 is 1.60 bits per heavy atom. The van der Waals surface area contributed by atoms with Crippen LogP contribution in [0.1, 0.15) is 28.7 Å². The lowest BCUT2D eigenvalue weighted by atomic mass is 9.66. The molecule has 2 aromatic carbocycles. The minimum atomic E-state index is -1.02. The van der Waals surface area contributed by atoms with Gasteiger partial charge < -0.3 is 38.7 Å². The fourth-order valence-electron chi connectivity index (χ4n) is 4.48. The summed E-state index contributed by atoms with van der Waals surface area (Å²) in [5, 5.41) is 20.9. The van der Waals surface area contributed by atoms with Crippen LogP contribution in [0, 0.1) is 11.8 Å². The van der Waals surface area contributed by atoms with E-state index in [9.17, 15) is 15.0 Å². The van der Waals surface area contributed by atoms with Crippen molar-refractivity contribution in [3.05, 3.63) is 41.0 Å². The number of fused-ring (bicyclic) bond motifs is 2. The molecular weight excluding hydrogens is 392 g/mol. The van der Waals surface area contributed by atoms with Crippen molar-refractivity contribution < 1.29 is 38.7 Å². The quantitative estimate of drug-likeness (QED) is 0.690. The Morgan fingerprint density at radius 3 is 2.10 bits per heavy atom. The van der Waals surface area contributed by atoms with Gasteiger partial charge in [0, 0.05) is 24.4 Å². The van der Waals surface area contributed by atoms with E-state index >= 15 is 0 Å². The van der Waals surface area contributed by atoms with Gasteiger partial charge in [0.2, 0.25) is 12.5 Å². The number of rotatable bonds is 6. The molecule has 0 radical (unpaired) electrons. The third kappa shape index (κ3) is 3.03. The summed E-state index contributed by atoms with van der Waals surface area (Å²) in [5.74, 6) is 0.576. The van der Waals surface area contributed by atoms with E-state index in [4.69, 9.17) is 23.7 Å². The molecule has 2 aromatic rings. The zero-order valence-electron chi connectivity index (χ0n) is 17.0. The topological polar surface area (TPSA) is 104 Å². The van der Waals surface area contributed by atoms with Gasteiger partial charge in [-0.3, -0.25) is 0 Å². The van der Waals surface area contributed by atoms with Gasteiger partial charge in [-0.15, -0.1) is 0 Å². The number of aliphatic hydroxyl groups excluding tert-OH is 2. The van der Waals surface area contributed by atoms with Crippen molar-refractivity contribution in [2.24, 2.45) is 11.8 Å². The maximum atomic E-state index is 12.2. The molecule has 2 aliphatic rings. The minimum Gasteiger partial charge on any atom is -0.493 e. The monoisotopic (exact) mass is 416 g/mol. The first-order chi connectivity index (χ1) is 14.6. The Hall–Kier alpha value is -2.97. The molecule has 4 rings (SSSR count). The van der Waals surface area contributed by atoms with E-state index in [0.29, 0.717) is 34.3 Å². The molecule has 0 amide bonds. The number of hydrogen-bond acceptors (Lipinski definition) is 8. The summed E-state index contributed by atoms with van der Waals surface area (Å²) in [7, 11) is 4.56. The Labute approximate surface area is 173 Å². The second-order valence-corrected chi connectivity index (χ2v) is 7.28. The summed E-state index contributed by atoms with van der Waals surface area (Å²) >= 11 is 0. The summed E-state index contributed by atoms with van der Waals surface area (Å²) in [6.07, 6.45) is -0.237. The highest BCUT2D eigenvalue weighted by molar-refractivity contribution is 5.65. The zero-order chi connectivity index (χ0) is 21.4. The molecule has 1 heterocycles. The number of hydrogen-bond donors (Lipinski definition) is 2. The van der Waals surface area contributed by atoms with Gasteiger partial charge in [0.05, 0.1) is 27.4 Å². The lowest BCUT2D eigenvalue weighted by Crippen LogP contribution is -2.37. The van der Waals surface area contributed by atoms with Crippen molar-refractivity contribution in [3.63, 3.8) is 0 Å². The lowest BCUT2D eigenvalue weighted by Gasteiger charge is -2.40. The van der Waals surface area contributed by atoms with E-state index in [-0.39, 0.29) is 13.4 Å². The molecule has 2 unspecified atom stereocenters. The Morgan fingerprint density at radius 1 is 1.00 bits per heavy atom. The van der Waals surface area contributed by atoms with Crippen LogP contribution >= 0.6 is 0 Å². The van der Waals surface area contributed by atoms with Gasteiger partial charge in [-0.05, 0) is 41.0 Å². The second-order valence-electron chi connectivity index (χ2n) is 7.28. The predicted octanol–water partition coefficient (Wildman–Crippen LogP) is 2.04. The maximum absolute atomic E-state index is 12.2. The molecule has 0 bridgehead atoms. The van der Waals surface area contributed by atoms with Crippen molar-refractivity contribution in [1.29, 1.82) is 0 Å². The predicted molar refractivity (Wildman–Crippen MR) is 106 cm³/mol.